The van der Waals surface area contributed by atoms with E-state index in [1.54, 1.807) is 11.3 Å². The van der Waals surface area contributed by atoms with Crippen molar-refractivity contribution in [3.05, 3.63) is 16.6 Å². The maximum Gasteiger partial charge on any atom is 0.0794 e. The number of hydrogen-bond donors (Lipinski definition) is 1. The van der Waals surface area contributed by atoms with Gasteiger partial charge >= 0.3 is 0 Å². The molecule has 1 aromatic rings. The molecule has 0 amide bonds. The summed E-state index contributed by atoms with van der Waals surface area (Å²) >= 11 is 1.71. The minimum Gasteiger partial charge on any atom is -0.317 e. The topological polar surface area (TPSA) is 24.9 Å². The van der Waals surface area contributed by atoms with E-state index in [0.717, 1.165) is 5.92 Å². The fourth-order valence-corrected chi connectivity index (χ4v) is 3.02. The van der Waals surface area contributed by atoms with Crippen LogP contribution in [0.2, 0.25) is 0 Å². The predicted molar refractivity (Wildman–Crippen MR) is 60.7 cm³/mol. The minimum atomic E-state index is 0.674. The van der Waals surface area contributed by atoms with Crippen molar-refractivity contribution in [3.8, 4) is 0 Å². The normalized spacial score (nSPS) is 33.1. The fourth-order valence-electron chi connectivity index (χ4n) is 2.40. The smallest absolute Gasteiger partial charge is 0.0794 e. The highest BCUT2D eigenvalue weighted by Gasteiger charge is 2.28. The van der Waals surface area contributed by atoms with E-state index < -0.39 is 0 Å². The molecule has 0 radical (unpaired) electrons. The van der Waals surface area contributed by atoms with Gasteiger partial charge in [-0.25, -0.2) is 4.98 Å². The van der Waals surface area contributed by atoms with Crippen LogP contribution >= 0.6 is 11.3 Å². The molecule has 1 heterocycles. The first kappa shape index (κ1) is 10.1. The summed E-state index contributed by atoms with van der Waals surface area (Å²) in [7, 11) is 2.07. The lowest BCUT2D eigenvalue weighted by atomic mass is 9.76. The van der Waals surface area contributed by atoms with E-state index in [2.05, 4.69) is 29.7 Å². The second kappa shape index (κ2) is 4.41. The monoisotopic (exact) mass is 210 g/mol. The van der Waals surface area contributed by atoms with Crippen molar-refractivity contribution >= 4 is 11.3 Å². The van der Waals surface area contributed by atoms with Gasteiger partial charge in [0.15, 0.2) is 0 Å². The Labute approximate surface area is 89.8 Å². The standard InChI is InChI=1S/C11H18N2S/c1-8-3-4-9(12-2)5-10(8)11-6-14-7-13-11/h6-10,12H,3-5H2,1-2H3. The first-order chi connectivity index (χ1) is 6.81. The van der Waals surface area contributed by atoms with E-state index in [9.17, 15) is 0 Å². The highest BCUT2D eigenvalue weighted by Crippen LogP contribution is 2.37. The quantitative estimate of drug-likeness (QED) is 0.811. The van der Waals surface area contributed by atoms with Crippen LogP contribution in [0.5, 0.6) is 0 Å². The molecule has 1 aliphatic carbocycles. The minimum absolute atomic E-state index is 0.674. The van der Waals surface area contributed by atoms with Crippen molar-refractivity contribution in [1.29, 1.82) is 0 Å². The van der Waals surface area contributed by atoms with Crippen molar-refractivity contribution in [1.82, 2.24) is 10.3 Å². The number of nitrogens with zero attached hydrogens (tertiary/aromatic N) is 1. The summed E-state index contributed by atoms with van der Waals surface area (Å²) in [4.78, 5) is 4.45. The average molecular weight is 210 g/mol. The first-order valence-electron chi connectivity index (χ1n) is 5.36. The van der Waals surface area contributed by atoms with E-state index in [0.29, 0.717) is 12.0 Å². The molecule has 14 heavy (non-hydrogen) atoms. The van der Waals surface area contributed by atoms with Gasteiger partial charge < -0.3 is 5.32 Å². The van der Waals surface area contributed by atoms with Crippen LogP contribution in [0.3, 0.4) is 0 Å². The molecule has 3 atom stereocenters. The Morgan fingerprint density at radius 1 is 1.50 bits per heavy atom. The van der Waals surface area contributed by atoms with E-state index in [1.807, 2.05) is 5.51 Å². The molecule has 1 saturated carbocycles. The van der Waals surface area contributed by atoms with Gasteiger partial charge in [0, 0.05) is 17.3 Å². The van der Waals surface area contributed by atoms with Crippen LogP contribution in [0.15, 0.2) is 10.9 Å². The molecule has 1 N–H and O–H groups in total. The van der Waals surface area contributed by atoms with Crippen molar-refractivity contribution in [2.75, 3.05) is 7.05 Å². The van der Waals surface area contributed by atoms with E-state index >= 15 is 0 Å². The van der Waals surface area contributed by atoms with Crippen LogP contribution in [0.25, 0.3) is 0 Å². The molecule has 0 saturated heterocycles. The number of nitrogens with one attached hydrogen (secondary N) is 1. The number of hydrogen-bond acceptors (Lipinski definition) is 3. The summed E-state index contributed by atoms with van der Waals surface area (Å²) in [5, 5.41) is 5.60. The zero-order chi connectivity index (χ0) is 9.97. The molecule has 2 rings (SSSR count). The van der Waals surface area contributed by atoms with Crippen LogP contribution in [0.1, 0.15) is 37.8 Å². The largest absolute Gasteiger partial charge is 0.317 e. The second-order valence-corrected chi connectivity index (χ2v) is 5.01. The Bertz CT molecular complexity index is 271. The zero-order valence-electron chi connectivity index (χ0n) is 8.86. The summed E-state index contributed by atoms with van der Waals surface area (Å²) in [6.07, 6.45) is 3.90. The maximum atomic E-state index is 4.45. The molecule has 1 aromatic heterocycles. The lowest BCUT2D eigenvalue weighted by Gasteiger charge is -2.33. The van der Waals surface area contributed by atoms with Crippen molar-refractivity contribution < 1.29 is 0 Å². The van der Waals surface area contributed by atoms with Gasteiger partial charge in [-0.15, -0.1) is 11.3 Å². The molecule has 0 aliphatic heterocycles. The summed E-state index contributed by atoms with van der Waals surface area (Å²) in [6, 6.07) is 0.692. The van der Waals surface area contributed by atoms with Crippen LogP contribution < -0.4 is 5.32 Å². The molecule has 1 fully saturated rings. The van der Waals surface area contributed by atoms with Crippen LogP contribution in [0, 0.1) is 5.92 Å². The summed E-state index contributed by atoms with van der Waals surface area (Å²) in [5.74, 6) is 1.47. The predicted octanol–water partition coefficient (Wildman–Crippen LogP) is 2.63. The number of thiazole rings is 1. The fraction of sp³-hybridized carbons (Fsp3) is 0.727. The van der Waals surface area contributed by atoms with E-state index in [1.165, 1.54) is 25.0 Å². The third-order valence-corrected chi connectivity index (χ3v) is 4.04. The Hall–Kier alpha value is -0.410. The molecule has 3 unspecified atom stereocenters. The number of rotatable bonds is 2. The molecule has 0 aromatic carbocycles. The van der Waals surface area contributed by atoms with Crippen molar-refractivity contribution in [2.24, 2.45) is 5.92 Å². The van der Waals surface area contributed by atoms with Crippen molar-refractivity contribution in [3.63, 3.8) is 0 Å². The number of aromatic nitrogens is 1. The highest BCUT2D eigenvalue weighted by atomic mass is 32.1. The van der Waals surface area contributed by atoms with Gasteiger partial charge in [0.25, 0.3) is 0 Å². The highest BCUT2D eigenvalue weighted by molar-refractivity contribution is 7.07. The Morgan fingerprint density at radius 2 is 2.36 bits per heavy atom. The summed E-state index contributed by atoms with van der Waals surface area (Å²) in [5.41, 5.74) is 3.26. The van der Waals surface area contributed by atoms with E-state index in [-0.39, 0.29) is 0 Å². The van der Waals surface area contributed by atoms with Gasteiger partial charge in [-0.2, -0.15) is 0 Å². The van der Waals surface area contributed by atoms with Gasteiger partial charge in [-0.1, -0.05) is 6.92 Å². The van der Waals surface area contributed by atoms with Gasteiger partial charge in [-0.3, -0.25) is 0 Å². The van der Waals surface area contributed by atoms with Gasteiger partial charge in [-0.05, 0) is 32.2 Å². The molecule has 0 spiro atoms. The first-order valence-corrected chi connectivity index (χ1v) is 6.31. The van der Waals surface area contributed by atoms with Gasteiger partial charge in [0.2, 0.25) is 0 Å². The average Bonchev–Trinajstić information content (AvgIpc) is 2.71. The van der Waals surface area contributed by atoms with Crippen LogP contribution in [-0.4, -0.2) is 18.1 Å². The van der Waals surface area contributed by atoms with Gasteiger partial charge in [0.1, 0.15) is 0 Å². The molecular weight excluding hydrogens is 192 g/mol. The van der Waals surface area contributed by atoms with Crippen LogP contribution in [-0.2, 0) is 0 Å². The molecule has 78 valence electrons. The molecule has 3 heteroatoms. The lowest BCUT2D eigenvalue weighted by molar-refractivity contribution is 0.274. The SMILES string of the molecule is CNC1CCC(C)C(c2cscn2)C1. The van der Waals surface area contributed by atoms with Crippen molar-refractivity contribution in [2.45, 2.75) is 38.1 Å². The third-order valence-electron chi connectivity index (χ3n) is 3.44. The Morgan fingerprint density at radius 3 is 3.00 bits per heavy atom. The Kier molecular flexibility index (Phi) is 3.19. The summed E-state index contributed by atoms with van der Waals surface area (Å²) < 4.78 is 0. The van der Waals surface area contributed by atoms with E-state index in [4.69, 9.17) is 0 Å². The lowest BCUT2D eigenvalue weighted by Crippen LogP contribution is -2.33. The second-order valence-electron chi connectivity index (χ2n) is 4.30. The third kappa shape index (κ3) is 1.98. The Balaban J connectivity index is 2.09. The maximum absolute atomic E-state index is 4.45. The molecule has 1 aliphatic rings. The zero-order valence-corrected chi connectivity index (χ0v) is 9.68. The van der Waals surface area contributed by atoms with Crippen LogP contribution in [0.4, 0.5) is 0 Å². The molecule has 2 nitrogen and oxygen atoms in total. The van der Waals surface area contributed by atoms with Gasteiger partial charge in [0.05, 0.1) is 11.2 Å². The molecule has 0 bridgehead atoms. The molecular formula is C11H18N2S. The summed E-state index contributed by atoms with van der Waals surface area (Å²) in [6.45, 7) is 2.36.